The topological polar surface area (TPSA) is 77.1 Å². The number of nitrogens with zero attached hydrogens (tertiary/aromatic N) is 1. The number of nitrogens with one attached hydrogen (secondary N) is 1. The van der Waals surface area contributed by atoms with Gasteiger partial charge < -0.3 is 24.4 Å². The summed E-state index contributed by atoms with van der Waals surface area (Å²) in [6, 6.07) is 15.5. The van der Waals surface area contributed by atoms with Gasteiger partial charge in [-0.25, -0.2) is 4.79 Å². The zero-order valence-corrected chi connectivity index (χ0v) is 22.2. The molecule has 1 aliphatic rings. The van der Waals surface area contributed by atoms with Gasteiger partial charge in [-0.05, 0) is 62.4 Å². The van der Waals surface area contributed by atoms with E-state index in [1.54, 1.807) is 32.9 Å². The van der Waals surface area contributed by atoms with E-state index >= 15 is 0 Å². The van der Waals surface area contributed by atoms with Gasteiger partial charge in [-0.3, -0.25) is 4.79 Å². The van der Waals surface area contributed by atoms with Gasteiger partial charge in [-0.15, -0.1) is 0 Å². The molecule has 1 aliphatic heterocycles. The van der Waals surface area contributed by atoms with E-state index in [4.69, 9.17) is 14.2 Å². The highest BCUT2D eigenvalue weighted by Gasteiger charge is 2.31. The molecule has 0 spiro atoms. The van der Waals surface area contributed by atoms with Crippen LogP contribution in [-0.2, 0) is 25.5 Å². The highest BCUT2D eigenvalue weighted by molar-refractivity contribution is 5.80. The molecule has 0 bridgehead atoms. The third kappa shape index (κ3) is 7.72. The fraction of sp³-hybridized carbons (Fsp3) is 0.517. The second kappa shape index (κ2) is 12.8. The smallest absolute Gasteiger partial charge is 0.349 e. The Bertz CT molecular complexity index is 997. The lowest BCUT2D eigenvalue weighted by Crippen LogP contribution is -2.39. The van der Waals surface area contributed by atoms with Crippen LogP contribution >= 0.6 is 0 Å². The molecule has 0 radical (unpaired) electrons. The van der Waals surface area contributed by atoms with E-state index in [2.05, 4.69) is 42.3 Å². The fourth-order valence-corrected chi connectivity index (χ4v) is 4.36. The first-order valence-electron chi connectivity index (χ1n) is 12.9. The number of ether oxygens (including phenoxy) is 3. The van der Waals surface area contributed by atoms with Crippen LogP contribution in [0.1, 0.15) is 58.2 Å². The van der Waals surface area contributed by atoms with Gasteiger partial charge in [0.2, 0.25) is 5.91 Å². The first-order chi connectivity index (χ1) is 17.2. The van der Waals surface area contributed by atoms with Gasteiger partial charge in [0.1, 0.15) is 5.75 Å². The number of benzene rings is 2. The largest absolute Gasteiger partial charge is 0.476 e. The van der Waals surface area contributed by atoms with E-state index in [1.165, 1.54) is 0 Å². The Labute approximate surface area is 215 Å². The number of hydrogen-bond donors (Lipinski definition) is 1. The van der Waals surface area contributed by atoms with Crippen molar-refractivity contribution in [2.24, 2.45) is 5.92 Å². The summed E-state index contributed by atoms with van der Waals surface area (Å²) in [6.07, 6.45) is 1.11. The standard InChI is InChI=1S/C29H40N2O5/c1-6-35-28(33)29(4,5)36-23-13-11-22(12-14-23)20-27(32)30-25(19-21(2)3)24-9-7-8-10-26(24)31-15-17-34-18-16-31/h7-14,21,25H,6,15-20H2,1-5H3,(H,30,32). The zero-order valence-electron chi connectivity index (χ0n) is 22.2. The zero-order chi connectivity index (χ0) is 26.1. The second-order valence-corrected chi connectivity index (χ2v) is 10.1. The lowest BCUT2D eigenvalue weighted by Gasteiger charge is -2.33. The van der Waals surface area contributed by atoms with Gasteiger partial charge in [-0.1, -0.05) is 44.2 Å². The minimum atomic E-state index is -1.09. The van der Waals surface area contributed by atoms with Crippen molar-refractivity contribution >= 4 is 17.6 Å². The first kappa shape index (κ1) is 27.5. The number of carbonyl (C=O) groups is 2. The molecule has 3 rings (SSSR count). The molecular weight excluding hydrogens is 456 g/mol. The monoisotopic (exact) mass is 496 g/mol. The van der Waals surface area contributed by atoms with Gasteiger partial charge >= 0.3 is 5.97 Å². The molecule has 0 aliphatic carbocycles. The molecule has 1 N–H and O–H groups in total. The van der Waals surface area contributed by atoms with Crippen LogP contribution in [0.4, 0.5) is 5.69 Å². The number of anilines is 1. The Morgan fingerprint density at radius 3 is 2.36 bits per heavy atom. The molecule has 0 aromatic heterocycles. The molecular formula is C29H40N2O5. The van der Waals surface area contributed by atoms with Crippen molar-refractivity contribution in [3.05, 3.63) is 59.7 Å². The maximum atomic E-state index is 13.1. The Morgan fingerprint density at radius 1 is 1.06 bits per heavy atom. The number of hydrogen-bond acceptors (Lipinski definition) is 6. The van der Waals surface area contributed by atoms with Crippen LogP contribution < -0.4 is 15.0 Å². The fourth-order valence-electron chi connectivity index (χ4n) is 4.36. The number of amides is 1. The predicted octanol–water partition coefficient (Wildman–Crippen LogP) is 4.69. The van der Waals surface area contributed by atoms with E-state index in [0.29, 0.717) is 31.5 Å². The van der Waals surface area contributed by atoms with Crippen molar-refractivity contribution < 1.29 is 23.8 Å². The average molecular weight is 497 g/mol. The highest BCUT2D eigenvalue weighted by Crippen LogP contribution is 2.31. The molecule has 0 saturated carbocycles. The summed E-state index contributed by atoms with van der Waals surface area (Å²) >= 11 is 0. The number of rotatable bonds is 11. The van der Waals surface area contributed by atoms with Crippen LogP contribution in [-0.4, -0.2) is 50.4 Å². The SMILES string of the molecule is CCOC(=O)C(C)(C)Oc1ccc(CC(=O)NC(CC(C)C)c2ccccc2N2CCOCC2)cc1. The summed E-state index contributed by atoms with van der Waals surface area (Å²) in [6.45, 7) is 12.9. The molecule has 1 amide bonds. The van der Waals surface area contributed by atoms with Gasteiger partial charge in [0.05, 0.1) is 32.3 Å². The van der Waals surface area contributed by atoms with Crippen molar-refractivity contribution in [1.29, 1.82) is 0 Å². The van der Waals surface area contributed by atoms with Crippen LogP contribution in [0.25, 0.3) is 0 Å². The number of para-hydroxylation sites is 1. The van der Waals surface area contributed by atoms with E-state index < -0.39 is 11.6 Å². The summed E-state index contributed by atoms with van der Waals surface area (Å²) in [5, 5.41) is 3.29. The summed E-state index contributed by atoms with van der Waals surface area (Å²) < 4.78 is 16.4. The third-order valence-corrected chi connectivity index (χ3v) is 6.13. The molecule has 1 atom stereocenters. The predicted molar refractivity (Wildman–Crippen MR) is 141 cm³/mol. The molecule has 2 aromatic rings. The Hall–Kier alpha value is -3.06. The van der Waals surface area contributed by atoms with E-state index in [9.17, 15) is 9.59 Å². The van der Waals surface area contributed by atoms with Crippen molar-refractivity contribution in [3.63, 3.8) is 0 Å². The van der Waals surface area contributed by atoms with Crippen molar-refractivity contribution in [1.82, 2.24) is 5.32 Å². The molecule has 1 saturated heterocycles. The van der Waals surface area contributed by atoms with E-state index in [-0.39, 0.29) is 18.4 Å². The van der Waals surface area contributed by atoms with Gasteiger partial charge in [0.15, 0.2) is 5.60 Å². The Balaban J connectivity index is 1.68. The molecule has 36 heavy (non-hydrogen) atoms. The lowest BCUT2D eigenvalue weighted by atomic mass is 9.94. The normalized spacial score (nSPS) is 14.9. The summed E-state index contributed by atoms with van der Waals surface area (Å²) in [4.78, 5) is 27.5. The minimum absolute atomic E-state index is 0.0297. The lowest BCUT2D eigenvalue weighted by molar-refractivity contribution is -0.158. The Morgan fingerprint density at radius 2 is 1.72 bits per heavy atom. The molecule has 1 fully saturated rings. The minimum Gasteiger partial charge on any atom is -0.476 e. The molecule has 1 unspecified atom stereocenters. The van der Waals surface area contributed by atoms with Crippen LogP contribution in [0, 0.1) is 5.92 Å². The molecule has 7 nitrogen and oxygen atoms in total. The summed E-state index contributed by atoms with van der Waals surface area (Å²) in [5.74, 6) is 0.529. The highest BCUT2D eigenvalue weighted by atomic mass is 16.6. The second-order valence-electron chi connectivity index (χ2n) is 10.1. The van der Waals surface area contributed by atoms with Crippen molar-refractivity contribution in [2.45, 2.75) is 59.1 Å². The maximum Gasteiger partial charge on any atom is 0.349 e. The summed E-state index contributed by atoms with van der Waals surface area (Å²) in [7, 11) is 0. The average Bonchev–Trinajstić information content (AvgIpc) is 2.85. The van der Waals surface area contributed by atoms with E-state index in [0.717, 1.165) is 36.3 Å². The number of carbonyl (C=O) groups excluding carboxylic acids is 2. The van der Waals surface area contributed by atoms with Gasteiger partial charge in [0, 0.05) is 18.8 Å². The van der Waals surface area contributed by atoms with Gasteiger partial charge in [0.25, 0.3) is 0 Å². The van der Waals surface area contributed by atoms with Crippen molar-refractivity contribution in [3.8, 4) is 5.75 Å². The van der Waals surface area contributed by atoms with Crippen molar-refractivity contribution in [2.75, 3.05) is 37.8 Å². The van der Waals surface area contributed by atoms with Crippen LogP contribution in [0.3, 0.4) is 0 Å². The molecule has 2 aromatic carbocycles. The first-order valence-corrected chi connectivity index (χ1v) is 12.9. The quantitative estimate of drug-likeness (QED) is 0.455. The van der Waals surface area contributed by atoms with Gasteiger partial charge in [-0.2, -0.15) is 0 Å². The van der Waals surface area contributed by atoms with Crippen LogP contribution in [0.2, 0.25) is 0 Å². The van der Waals surface area contributed by atoms with Crippen LogP contribution in [0.15, 0.2) is 48.5 Å². The summed E-state index contributed by atoms with van der Waals surface area (Å²) in [5.41, 5.74) is 2.09. The molecule has 1 heterocycles. The number of morpholine rings is 1. The molecule has 7 heteroatoms. The van der Waals surface area contributed by atoms with E-state index in [1.807, 2.05) is 18.2 Å². The third-order valence-electron chi connectivity index (χ3n) is 6.13. The maximum absolute atomic E-state index is 13.1. The number of esters is 1. The Kier molecular flexibility index (Phi) is 9.76. The van der Waals surface area contributed by atoms with Crippen LogP contribution in [0.5, 0.6) is 5.75 Å². The molecule has 196 valence electrons.